The van der Waals surface area contributed by atoms with Gasteiger partial charge in [0.1, 0.15) is 23.7 Å². The number of alkyl halides is 12. The topological polar surface area (TPSA) is 143 Å². The maximum Gasteiger partial charge on any atom is 0.416 e. The van der Waals surface area contributed by atoms with E-state index in [4.69, 9.17) is 9.47 Å². The molecule has 2 saturated heterocycles. The largest absolute Gasteiger partial charge is 0.468 e. The van der Waals surface area contributed by atoms with E-state index in [-0.39, 0.29) is 35.6 Å². The van der Waals surface area contributed by atoms with Gasteiger partial charge in [0.2, 0.25) is 11.8 Å². The number of halogens is 14. The first kappa shape index (κ1) is 67.5. The van der Waals surface area contributed by atoms with Gasteiger partial charge in [-0.1, -0.05) is 12.1 Å². The molecule has 0 radical (unpaired) electrons. The van der Waals surface area contributed by atoms with E-state index < -0.39 is 116 Å². The van der Waals surface area contributed by atoms with E-state index in [0.717, 1.165) is 9.80 Å². The van der Waals surface area contributed by atoms with Gasteiger partial charge >= 0.3 is 36.6 Å². The number of rotatable bonds is 12. The Morgan fingerprint density at radius 3 is 1.02 bits per heavy atom. The standard InChI is InChI=1S/2C31H30F7N3O3/c2*1-16-10-20(32)6-7-21(16)22-14-25(23-8-9-24(40-23)27(42)44-5)39-15-26(22)41(4)28(43)29(2,3)17-11-18(30(33,34)35)13-19(12-17)31(36,37)38/h2*6-7,10-15,23-24,40H,8-9H2,1-5H3/t23-,24+;23-,24-/m10/s1. The molecular formula is C62H60F14N6O6. The third-order valence-corrected chi connectivity index (χ3v) is 15.8. The number of esters is 2. The third kappa shape index (κ3) is 14.6. The highest BCUT2D eigenvalue weighted by molar-refractivity contribution is 6.04. The number of hydrogen-bond acceptors (Lipinski definition) is 10. The van der Waals surface area contributed by atoms with Crippen molar-refractivity contribution >= 4 is 35.1 Å². The van der Waals surface area contributed by atoms with Crippen LogP contribution in [0.3, 0.4) is 0 Å². The number of nitrogens with zero attached hydrogens (tertiary/aromatic N) is 4. The van der Waals surface area contributed by atoms with Gasteiger partial charge in [0, 0.05) is 25.2 Å². The minimum atomic E-state index is -5.09. The molecule has 88 heavy (non-hydrogen) atoms. The van der Waals surface area contributed by atoms with E-state index in [1.807, 2.05) is 0 Å². The van der Waals surface area contributed by atoms with Gasteiger partial charge in [-0.25, -0.2) is 8.78 Å². The normalized spacial score (nSPS) is 17.5. The average Bonchev–Trinajstić information content (AvgIpc) is 1.23. The zero-order valence-electron chi connectivity index (χ0n) is 48.9. The van der Waals surface area contributed by atoms with E-state index in [9.17, 15) is 80.6 Å². The number of nitrogens with one attached hydrogen (secondary N) is 2. The maximum absolute atomic E-state index is 14.0. The molecule has 0 aliphatic carbocycles. The number of carbonyl (C=O) groups excluding carboxylic acids is 4. The second-order valence-electron chi connectivity index (χ2n) is 22.5. The summed E-state index contributed by atoms with van der Waals surface area (Å²) < 4.78 is 201. The van der Waals surface area contributed by atoms with Crippen LogP contribution >= 0.6 is 0 Å². The van der Waals surface area contributed by atoms with E-state index in [1.165, 1.54) is 105 Å². The zero-order chi connectivity index (χ0) is 65.6. The Balaban J connectivity index is 0.000000251. The molecule has 0 unspecified atom stereocenters. The van der Waals surface area contributed by atoms with Gasteiger partial charge in [0.15, 0.2) is 0 Å². The molecule has 0 saturated carbocycles. The van der Waals surface area contributed by atoms with Crippen LogP contribution in [0, 0.1) is 25.5 Å². The lowest BCUT2D eigenvalue weighted by Gasteiger charge is -2.32. The Morgan fingerprint density at radius 2 is 0.750 bits per heavy atom. The van der Waals surface area contributed by atoms with E-state index in [0.29, 0.717) is 94.7 Å². The van der Waals surface area contributed by atoms with Gasteiger partial charge in [-0.3, -0.25) is 39.8 Å². The molecule has 2 aromatic heterocycles. The molecule has 2 aliphatic rings. The molecule has 0 spiro atoms. The molecular weight excluding hydrogens is 1190 g/mol. The first-order chi connectivity index (χ1) is 40.7. The lowest BCUT2D eigenvalue weighted by Crippen LogP contribution is -2.42. The maximum atomic E-state index is 14.0. The van der Waals surface area contributed by atoms with Gasteiger partial charge in [-0.2, -0.15) is 52.7 Å². The van der Waals surface area contributed by atoms with Crippen LogP contribution in [0.5, 0.6) is 0 Å². The first-order valence-corrected chi connectivity index (χ1v) is 27.1. The van der Waals surface area contributed by atoms with Crippen LogP contribution in [-0.2, 0) is 64.2 Å². The fraction of sp³-hybridized carbons (Fsp3) is 0.387. The predicted molar refractivity (Wildman–Crippen MR) is 296 cm³/mol. The van der Waals surface area contributed by atoms with Crippen LogP contribution in [0.15, 0.2) is 97.3 Å². The smallest absolute Gasteiger partial charge is 0.416 e. The van der Waals surface area contributed by atoms with Crippen LogP contribution < -0.4 is 20.4 Å². The van der Waals surface area contributed by atoms with Gasteiger partial charge < -0.3 is 19.3 Å². The summed E-state index contributed by atoms with van der Waals surface area (Å²) in [6, 6.07) is 11.7. The molecule has 4 aromatic carbocycles. The van der Waals surface area contributed by atoms with Crippen molar-refractivity contribution in [3.8, 4) is 22.3 Å². The zero-order valence-corrected chi connectivity index (χ0v) is 48.9. The number of carbonyl (C=O) groups is 4. The summed E-state index contributed by atoms with van der Waals surface area (Å²) in [5.74, 6) is -3.51. The SMILES string of the molecule is COC(=O)[C@@H]1CC[C@@H](c2cc(-c3ccc(F)cc3C)c(N(C)C(=O)C(C)(C)c3cc(C(F)(F)F)cc(C(F)(F)F)c3)cn2)N1.COC(=O)[C@@H]1CC[C@H](c2cc(-c3ccc(F)cc3C)c(N(C)C(=O)C(C)(C)c3cc(C(F)(F)F)cc(C(F)(F)F)c3)cn2)N1. The molecule has 4 atom stereocenters. The molecule has 26 heteroatoms. The summed E-state index contributed by atoms with van der Waals surface area (Å²) in [5, 5.41) is 6.30. The highest BCUT2D eigenvalue weighted by Gasteiger charge is 2.44. The van der Waals surface area contributed by atoms with Crippen LogP contribution in [0.25, 0.3) is 22.3 Å². The van der Waals surface area contributed by atoms with Crippen molar-refractivity contribution in [2.75, 3.05) is 38.1 Å². The van der Waals surface area contributed by atoms with Crippen molar-refractivity contribution in [1.29, 1.82) is 0 Å². The molecule has 0 bridgehead atoms. The summed E-state index contributed by atoms with van der Waals surface area (Å²) in [6.45, 7) is 8.25. The number of aromatic nitrogens is 2. The summed E-state index contributed by atoms with van der Waals surface area (Å²) in [6.07, 6.45) is -15.6. The van der Waals surface area contributed by atoms with E-state index >= 15 is 0 Å². The number of pyridine rings is 2. The number of hydrogen-bond donors (Lipinski definition) is 2. The Hall–Kier alpha value is -8.00. The fourth-order valence-corrected chi connectivity index (χ4v) is 10.7. The Bertz CT molecular complexity index is 3340. The number of benzene rings is 4. The Labute approximate surface area is 496 Å². The minimum Gasteiger partial charge on any atom is -0.468 e. The molecule has 2 N–H and O–H groups in total. The van der Waals surface area contributed by atoms with Crippen molar-refractivity contribution in [2.24, 2.45) is 0 Å². The van der Waals surface area contributed by atoms with Crippen LogP contribution in [0.1, 0.15) is 121 Å². The first-order valence-electron chi connectivity index (χ1n) is 27.1. The van der Waals surface area contributed by atoms with Crippen molar-refractivity contribution < 1.29 is 90.1 Å². The molecule has 12 nitrogen and oxygen atoms in total. The monoisotopic (exact) mass is 1250 g/mol. The lowest BCUT2D eigenvalue weighted by molar-refractivity contribution is -0.144. The van der Waals surface area contributed by atoms with Crippen molar-refractivity contribution in [1.82, 2.24) is 20.6 Å². The second-order valence-corrected chi connectivity index (χ2v) is 22.5. The summed E-state index contributed by atoms with van der Waals surface area (Å²) in [5.41, 5.74) is -6.55. The summed E-state index contributed by atoms with van der Waals surface area (Å²) in [4.78, 5) is 63.1. The molecule has 472 valence electrons. The predicted octanol–water partition coefficient (Wildman–Crippen LogP) is 14.3. The molecule has 8 rings (SSSR count). The molecule has 2 amide bonds. The van der Waals surface area contributed by atoms with Crippen LogP contribution in [0.4, 0.5) is 72.8 Å². The number of anilines is 2. The number of likely N-dealkylation sites (N-methyl/N-ethyl adjacent to an activating group) is 2. The average molecular weight is 1250 g/mol. The Morgan fingerprint density at radius 1 is 0.455 bits per heavy atom. The highest BCUT2D eigenvalue weighted by Crippen LogP contribution is 2.45. The fourth-order valence-electron chi connectivity index (χ4n) is 10.7. The van der Waals surface area contributed by atoms with Crippen molar-refractivity contribution in [2.45, 2.75) is 127 Å². The molecule has 6 aromatic rings. The number of aryl methyl sites for hydroxylation is 2. The van der Waals surface area contributed by atoms with Gasteiger partial charge in [-0.15, -0.1) is 0 Å². The molecule has 2 fully saturated rings. The summed E-state index contributed by atoms with van der Waals surface area (Å²) >= 11 is 0. The van der Waals surface area contributed by atoms with Gasteiger partial charge in [0.05, 0.1) is 94.5 Å². The van der Waals surface area contributed by atoms with Gasteiger partial charge in [-0.05, 0) is 173 Å². The number of amides is 2. The van der Waals surface area contributed by atoms with Crippen molar-refractivity contribution in [3.05, 3.63) is 165 Å². The van der Waals surface area contributed by atoms with Crippen molar-refractivity contribution in [3.63, 3.8) is 0 Å². The van der Waals surface area contributed by atoms with Crippen LogP contribution in [0.2, 0.25) is 0 Å². The highest BCUT2D eigenvalue weighted by atomic mass is 19.4. The minimum absolute atomic E-state index is 0.00758. The number of methoxy groups -OCH3 is 2. The van der Waals surface area contributed by atoms with E-state index in [1.54, 1.807) is 26.0 Å². The second kappa shape index (κ2) is 25.2. The van der Waals surface area contributed by atoms with Crippen LogP contribution in [-0.4, -0.2) is 74.1 Å². The quantitative estimate of drug-likeness (QED) is 0.0898. The molecule has 4 heterocycles. The molecule has 2 aliphatic heterocycles. The third-order valence-electron chi connectivity index (χ3n) is 15.8. The van der Waals surface area contributed by atoms with E-state index in [2.05, 4.69) is 20.6 Å². The summed E-state index contributed by atoms with van der Waals surface area (Å²) in [7, 11) is 5.22. The van der Waals surface area contributed by atoms with Gasteiger partial charge in [0.25, 0.3) is 0 Å². The number of ether oxygens (including phenoxy) is 2. The lowest BCUT2D eigenvalue weighted by atomic mass is 9.81. The Kier molecular flexibility index (Phi) is 19.4.